The Morgan fingerprint density at radius 2 is 1.26 bits per heavy atom. The molecule has 2 aromatic carbocycles. The van der Waals surface area contributed by atoms with Crippen LogP contribution in [0, 0.1) is 5.92 Å². The number of benzene rings is 2. The molecule has 2 heterocycles. The van der Waals surface area contributed by atoms with Gasteiger partial charge in [0, 0.05) is 24.9 Å². The van der Waals surface area contributed by atoms with Gasteiger partial charge in [0.2, 0.25) is 23.6 Å². The van der Waals surface area contributed by atoms with Gasteiger partial charge in [0.05, 0.1) is 26.3 Å². The number of unbranched alkanes of at least 4 members (excludes halogenated alkanes) is 1. The van der Waals surface area contributed by atoms with Crippen LogP contribution in [-0.4, -0.2) is 142 Å². The lowest BCUT2D eigenvalue weighted by Gasteiger charge is -2.56. The molecule has 0 spiro atoms. The summed E-state index contributed by atoms with van der Waals surface area (Å²) in [7, 11) is -3.75. The van der Waals surface area contributed by atoms with Crippen molar-refractivity contribution in [3.05, 3.63) is 71.8 Å². The van der Waals surface area contributed by atoms with E-state index in [2.05, 4.69) is 26.2 Å². The number of nitrogens with zero attached hydrogens (tertiary/aromatic N) is 3. The zero-order chi connectivity index (χ0) is 51.9. The molecule has 2 aliphatic rings. The van der Waals surface area contributed by atoms with E-state index < -0.39 is 84.0 Å². The van der Waals surface area contributed by atoms with Gasteiger partial charge in [-0.05, 0) is 124 Å². The molecular weight excluding hydrogens is 918 g/mol. The highest BCUT2D eigenvalue weighted by Crippen LogP contribution is 2.65. The van der Waals surface area contributed by atoms with E-state index in [-0.39, 0.29) is 64.4 Å². The second-order valence-electron chi connectivity index (χ2n) is 20.7. The predicted molar refractivity (Wildman–Crippen MR) is 268 cm³/mol. The van der Waals surface area contributed by atoms with Crippen molar-refractivity contribution in [3.8, 4) is 0 Å². The molecule has 0 aliphatic carbocycles. The first-order valence-electron chi connectivity index (χ1n) is 24.8. The lowest BCUT2D eigenvalue weighted by Crippen LogP contribution is -2.72. The van der Waals surface area contributed by atoms with E-state index in [9.17, 15) is 38.4 Å². The van der Waals surface area contributed by atoms with Crippen molar-refractivity contribution in [3.63, 3.8) is 0 Å². The maximum atomic E-state index is 14.7. The molecule has 0 aromatic heterocycles. The normalized spacial score (nSPS) is 16.8. The van der Waals surface area contributed by atoms with Crippen LogP contribution in [-0.2, 0) is 50.4 Å². The number of nitrogens with one attached hydrogen (secondary N) is 4. The van der Waals surface area contributed by atoms with Crippen LogP contribution in [0.25, 0.3) is 0 Å². The lowest BCUT2D eigenvalue weighted by atomic mass is 9.96. The van der Waals surface area contributed by atoms with Crippen molar-refractivity contribution >= 4 is 43.4 Å². The average Bonchev–Trinajstić information content (AvgIpc) is 3.79. The molecule has 18 nitrogen and oxygen atoms in total. The number of carbonyl (C=O) groups excluding carboxylic acids is 5. The fourth-order valence-electron chi connectivity index (χ4n) is 9.07. The van der Waals surface area contributed by atoms with Crippen LogP contribution in [0.3, 0.4) is 0 Å². The van der Waals surface area contributed by atoms with Crippen molar-refractivity contribution in [1.29, 1.82) is 0 Å². The van der Waals surface area contributed by atoms with E-state index in [0.717, 1.165) is 23.3 Å². The number of ether oxygens (including phenoxy) is 1. The number of alkyl carbamates (subject to hydrolysis) is 1. The second kappa shape index (κ2) is 25.9. The molecule has 6 amide bonds. The smallest absolute Gasteiger partial charge is 0.408 e. The third-order valence-electron chi connectivity index (χ3n) is 12.3. The molecule has 2 saturated heterocycles. The van der Waals surface area contributed by atoms with Gasteiger partial charge < -0.3 is 45.1 Å². The van der Waals surface area contributed by atoms with E-state index >= 15 is 0 Å². The fourth-order valence-corrected chi connectivity index (χ4v) is 11.5. The lowest BCUT2D eigenvalue weighted by molar-refractivity contribution is -0.146. The van der Waals surface area contributed by atoms with Crippen molar-refractivity contribution < 1.29 is 52.2 Å². The monoisotopic (exact) mass is 998 g/mol. The van der Waals surface area contributed by atoms with Gasteiger partial charge in [-0.3, -0.25) is 33.5 Å². The topological polar surface area (TPSA) is 225 Å². The van der Waals surface area contributed by atoms with Crippen LogP contribution in [0.1, 0.15) is 119 Å². The second-order valence-corrected chi connectivity index (χ2v) is 23.0. The summed E-state index contributed by atoms with van der Waals surface area (Å²) in [5.74, 6) is -2.50. The Bertz CT molecular complexity index is 2080. The van der Waals surface area contributed by atoms with Crippen molar-refractivity contribution in [2.45, 2.75) is 161 Å². The Balaban J connectivity index is 1.63. The third kappa shape index (κ3) is 16.3. The van der Waals surface area contributed by atoms with Crippen LogP contribution in [0.4, 0.5) is 9.59 Å². The molecule has 2 aliphatic heterocycles. The molecule has 2 fully saturated rings. The van der Waals surface area contributed by atoms with Gasteiger partial charge >= 0.3 is 19.8 Å². The molecule has 390 valence electrons. The highest BCUT2D eigenvalue weighted by molar-refractivity contribution is 7.55. The average molecular weight is 998 g/mol. The van der Waals surface area contributed by atoms with E-state index in [1.165, 1.54) is 0 Å². The molecule has 2 aromatic rings. The van der Waals surface area contributed by atoms with Crippen LogP contribution in [0.5, 0.6) is 0 Å². The first kappa shape index (κ1) is 57.5. The predicted octanol–water partition coefficient (Wildman–Crippen LogP) is 6.71. The number of likely N-dealkylation sites (tertiary alicyclic amines) is 2. The Morgan fingerprint density at radius 3 is 1.76 bits per heavy atom. The van der Waals surface area contributed by atoms with Gasteiger partial charge in [0.25, 0.3) is 0 Å². The largest absolute Gasteiger partial charge is 0.465 e. The van der Waals surface area contributed by atoms with Gasteiger partial charge in [-0.15, -0.1) is 0 Å². The third-order valence-corrected chi connectivity index (χ3v) is 15.1. The first-order chi connectivity index (χ1) is 32.9. The minimum absolute atomic E-state index is 0.0224. The molecule has 4 atom stereocenters. The summed E-state index contributed by atoms with van der Waals surface area (Å²) >= 11 is 0. The van der Waals surface area contributed by atoms with E-state index in [4.69, 9.17) is 13.8 Å². The number of amides is 6. The Kier molecular flexibility index (Phi) is 21.3. The van der Waals surface area contributed by atoms with E-state index in [0.29, 0.717) is 31.5 Å². The maximum Gasteiger partial charge on any atom is 0.408 e. The van der Waals surface area contributed by atoms with E-state index in [1.54, 1.807) is 109 Å². The van der Waals surface area contributed by atoms with E-state index in [1.807, 2.05) is 26.0 Å². The zero-order valence-electron chi connectivity index (χ0n) is 43.1. The molecule has 70 heavy (non-hydrogen) atoms. The molecule has 5 N–H and O–H groups in total. The van der Waals surface area contributed by atoms with Crippen LogP contribution in [0.15, 0.2) is 60.7 Å². The Labute approximate surface area is 415 Å². The van der Waals surface area contributed by atoms with Crippen LogP contribution in [0.2, 0.25) is 0 Å². The molecule has 0 bridgehead atoms. The van der Waals surface area contributed by atoms with Crippen molar-refractivity contribution in [2.75, 3.05) is 45.9 Å². The Hall–Kier alpha value is -5.03. The highest BCUT2D eigenvalue weighted by atomic mass is 31.2. The summed E-state index contributed by atoms with van der Waals surface area (Å²) in [4.78, 5) is 88.3. The molecule has 0 saturated carbocycles. The standard InChI is InChI=1S/C51H80N7O11P/c1-11-67-70(66,68-12-2)51(57-29-21-22-30-57)34-56(35-51)46(62)39(27-19-20-28-52-47(63)69-50(8,9)10)53-43(59)40(31-36(3)4)54-44(60)41(32-37-23-15-13-16-24-37)55-45(61)42(33-38-25-17-14-18-26-38)58(48(64)65)49(5,6)7/h13-18,23-26,36,39-42H,11-12,19-22,27-35H2,1-10H3,(H,52,63)(H,53,59)(H,54,60)(H,55,61)(H,64,65)/t39-,40-,41-,42-/m1/s1. The van der Waals surface area contributed by atoms with Crippen molar-refractivity contribution in [2.24, 2.45) is 5.92 Å². The fraction of sp³-hybridized carbons (Fsp3) is 0.647. The maximum absolute atomic E-state index is 14.7. The van der Waals surface area contributed by atoms with Gasteiger partial charge in [-0.1, -0.05) is 74.5 Å². The quantitative estimate of drug-likeness (QED) is 0.0517. The van der Waals surface area contributed by atoms with Crippen LogP contribution >= 0.6 is 7.60 Å². The van der Waals surface area contributed by atoms with Crippen molar-refractivity contribution in [1.82, 2.24) is 36.0 Å². The summed E-state index contributed by atoms with van der Waals surface area (Å²) in [5, 5.41) is 20.8. The van der Waals surface area contributed by atoms with Gasteiger partial charge in [0.15, 0.2) is 5.28 Å². The molecular formula is C51H80N7O11P. The molecule has 0 unspecified atom stereocenters. The minimum atomic E-state index is -3.75. The number of carboxylic acid groups (broad SMARTS) is 1. The van der Waals surface area contributed by atoms with Gasteiger partial charge in [-0.25, -0.2) is 9.59 Å². The summed E-state index contributed by atoms with van der Waals surface area (Å²) in [6.45, 7) is 19.7. The number of rotatable bonds is 25. The minimum Gasteiger partial charge on any atom is -0.465 e. The summed E-state index contributed by atoms with van der Waals surface area (Å²) in [5.41, 5.74) is -0.254. The van der Waals surface area contributed by atoms with Crippen LogP contribution < -0.4 is 21.3 Å². The Morgan fingerprint density at radius 1 is 0.743 bits per heavy atom. The number of hydrogen-bond donors (Lipinski definition) is 5. The summed E-state index contributed by atoms with van der Waals surface area (Å²) < 4.78 is 31.7. The van der Waals surface area contributed by atoms with Gasteiger partial charge in [-0.2, -0.15) is 0 Å². The summed E-state index contributed by atoms with van der Waals surface area (Å²) in [6, 6.07) is 13.4. The molecule has 19 heteroatoms. The van der Waals surface area contributed by atoms with Gasteiger partial charge in [0.1, 0.15) is 29.8 Å². The molecule has 0 radical (unpaired) electrons. The first-order valence-corrected chi connectivity index (χ1v) is 26.4. The SMILES string of the molecule is CCOP(=O)(OCC)C1(N2CCCC2)CN(C(=O)[C@@H](CCCCNC(=O)OC(C)(C)C)NC(=O)[C@@H](CC(C)C)NC(=O)[C@@H](Cc2ccccc2)NC(=O)[C@@H](Cc2ccccc2)N(C(=O)O)C(C)(C)C)C1. The number of hydrogen-bond acceptors (Lipinski definition) is 11. The molecule has 4 rings (SSSR count). The summed E-state index contributed by atoms with van der Waals surface area (Å²) in [6.07, 6.45) is 1.18. The zero-order valence-corrected chi connectivity index (χ0v) is 44.0. The highest BCUT2D eigenvalue weighted by Gasteiger charge is 2.64. The number of carbonyl (C=O) groups is 6.